The molecular formula is C18H22N2O4S. The van der Waals surface area contributed by atoms with Gasteiger partial charge >= 0.3 is 5.97 Å². The Balaban J connectivity index is 1.99. The second kappa shape index (κ2) is 7.65. The van der Waals surface area contributed by atoms with Crippen LogP contribution in [-0.2, 0) is 21.4 Å². The predicted octanol–water partition coefficient (Wildman–Crippen LogP) is 3.11. The van der Waals surface area contributed by atoms with Crippen molar-refractivity contribution in [3.63, 3.8) is 0 Å². The normalized spacial score (nSPS) is 11.2. The van der Waals surface area contributed by atoms with E-state index >= 15 is 0 Å². The fraction of sp³-hybridized carbons (Fsp3) is 0.389. The molecule has 1 aromatic carbocycles. The lowest BCUT2D eigenvalue weighted by molar-refractivity contribution is -0.139. The van der Waals surface area contributed by atoms with Crippen LogP contribution in [-0.4, -0.2) is 35.6 Å². The molecule has 0 fully saturated rings. The molecule has 0 aliphatic heterocycles. The van der Waals surface area contributed by atoms with Crippen molar-refractivity contribution in [2.45, 2.75) is 32.6 Å². The van der Waals surface area contributed by atoms with Gasteiger partial charge in [-0.1, -0.05) is 20.8 Å². The minimum absolute atomic E-state index is 0.0242. The Morgan fingerprint density at radius 2 is 1.88 bits per heavy atom. The Hall–Kier alpha value is -2.41. The molecule has 134 valence electrons. The summed E-state index contributed by atoms with van der Waals surface area (Å²) in [5, 5.41) is 11.5. The van der Waals surface area contributed by atoms with Gasteiger partial charge in [0.05, 0.1) is 17.1 Å². The van der Waals surface area contributed by atoms with Crippen LogP contribution in [0.2, 0.25) is 0 Å². The van der Waals surface area contributed by atoms with Crippen LogP contribution in [0.15, 0.2) is 29.6 Å². The van der Waals surface area contributed by atoms with E-state index in [9.17, 15) is 9.59 Å². The van der Waals surface area contributed by atoms with E-state index in [-0.39, 0.29) is 17.7 Å². The minimum Gasteiger partial charge on any atom is -0.482 e. The second-order valence-corrected chi connectivity index (χ2v) is 7.56. The maximum absolute atomic E-state index is 12.5. The van der Waals surface area contributed by atoms with Crippen LogP contribution >= 0.6 is 11.3 Å². The molecule has 7 heteroatoms. The number of nitrogens with zero attached hydrogens (tertiary/aromatic N) is 2. The summed E-state index contributed by atoms with van der Waals surface area (Å²) < 4.78 is 5.08. The molecule has 6 nitrogen and oxygen atoms in total. The molecule has 0 aliphatic carbocycles. The number of aromatic nitrogens is 1. The lowest BCUT2D eigenvalue weighted by atomic mass is 9.98. The molecule has 0 aliphatic rings. The molecule has 2 aromatic rings. The van der Waals surface area contributed by atoms with Crippen molar-refractivity contribution in [3.05, 3.63) is 40.3 Å². The van der Waals surface area contributed by atoms with Gasteiger partial charge < -0.3 is 14.7 Å². The summed E-state index contributed by atoms with van der Waals surface area (Å²) in [5.74, 6) is -0.652. The molecule has 1 amide bonds. The van der Waals surface area contributed by atoms with Crippen molar-refractivity contribution in [2.75, 3.05) is 18.6 Å². The second-order valence-electron chi connectivity index (χ2n) is 6.70. The van der Waals surface area contributed by atoms with Gasteiger partial charge in [0, 0.05) is 23.5 Å². The number of carbonyl (C=O) groups excluding carboxylic acids is 1. The summed E-state index contributed by atoms with van der Waals surface area (Å²) in [6.45, 7) is 5.89. The van der Waals surface area contributed by atoms with E-state index in [2.05, 4.69) is 25.8 Å². The smallest absolute Gasteiger partial charge is 0.341 e. The van der Waals surface area contributed by atoms with E-state index in [0.717, 1.165) is 10.7 Å². The fourth-order valence-electron chi connectivity index (χ4n) is 2.06. The van der Waals surface area contributed by atoms with Crippen LogP contribution in [0.3, 0.4) is 0 Å². The first-order chi connectivity index (χ1) is 11.7. The number of carboxylic acids is 1. The number of thiazole rings is 1. The Morgan fingerprint density at radius 3 is 2.40 bits per heavy atom. The summed E-state index contributed by atoms with van der Waals surface area (Å²) in [5.41, 5.74) is 1.45. The molecule has 2 rings (SSSR count). The third kappa shape index (κ3) is 5.29. The molecule has 1 N–H and O–H groups in total. The number of carboxylic acid groups (broad SMARTS) is 1. The van der Waals surface area contributed by atoms with Gasteiger partial charge in [-0.3, -0.25) is 4.79 Å². The number of carbonyl (C=O) groups is 2. The number of aliphatic carboxylic acids is 1. The van der Waals surface area contributed by atoms with E-state index in [0.29, 0.717) is 11.4 Å². The molecule has 0 radical (unpaired) electrons. The molecular weight excluding hydrogens is 340 g/mol. The van der Waals surface area contributed by atoms with Gasteiger partial charge in [0.25, 0.3) is 0 Å². The standard InChI is InChI=1S/C18H22N2O4S/c1-18(2,3)17-19-12(11-25-17)9-15(21)20(4)13-5-7-14(8-6-13)24-10-16(22)23/h5-8,11H,9-10H2,1-4H3,(H,22,23). The number of benzene rings is 1. The maximum Gasteiger partial charge on any atom is 0.341 e. The summed E-state index contributed by atoms with van der Waals surface area (Å²) in [6, 6.07) is 6.72. The average Bonchev–Trinajstić information content (AvgIpc) is 3.01. The predicted molar refractivity (Wildman–Crippen MR) is 97.5 cm³/mol. The highest BCUT2D eigenvalue weighted by Crippen LogP contribution is 2.26. The third-order valence-corrected chi connectivity index (χ3v) is 4.80. The Bertz CT molecular complexity index is 747. The Labute approximate surface area is 151 Å². The van der Waals surface area contributed by atoms with E-state index in [1.54, 1.807) is 47.5 Å². The van der Waals surface area contributed by atoms with Crippen molar-refractivity contribution in [3.8, 4) is 5.75 Å². The van der Waals surface area contributed by atoms with Crippen molar-refractivity contribution >= 4 is 28.9 Å². The molecule has 1 aromatic heterocycles. The maximum atomic E-state index is 12.5. The third-order valence-electron chi connectivity index (χ3n) is 3.49. The zero-order chi connectivity index (χ0) is 18.6. The number of hydrogen-bond donors (Lipinski definition) is 1. The quantitative estimate of drug-likeness (QED) is 0.854. The van der Waals surface area contributed by atoms with Crippen molar-refractivity contribution < 1.29 is 19.4 Å². The van der Waals surface area contributed by atoms with Gasteiger partial charge in [0.1, 0.15) is 5.75 Å². The van der Waals surface area contributed by atoms with Gasteiger partial charge in [-0.25, -0.2) is 9.78 Å². The van der Waals surface area contributed by atoms with E-state index in [1.165, 1.54) is 0 Å². The molecule has 0 unspecified atom stereocenters. The van der Waals surface area contributed by atoms with E-state index in [4.69, 9.17) is 9.84 Å². The highest BCUT2D eigenvalue weighted by molar-refractivity contribution is 7.09. The van der Waals surface area contributed by atoms with Gasteiger partial charge in [-0.2, -0.15) is 0 Å². The highest BCUT2D eigenvalue weighted by Gasteiger charge is 2.20. The van der Waals surface area contributed by atoms with Crippen molar-refractivity contribution in [1.82, 2.24) is 4.98 Å². The summed E-state index contributed by atoms with van der Waals surface area (Å²) in [6.07, 6.45) is 0.236. The molecule has 0 spiro atoms. The van der Waals surface area contributed by atoms with Gasteiger partial charge in [0.2, 0.25) is 5.91 Å². The lowest BCUT2D eigenvalue weighted by Gasteiger charge is -2.17. The SMILES string of the molecule is CN(C(=O)Cc1csc(C(C)(C)C)n1)c1ccc(OCC(=O)O)cc1. The zero-order valence-corrected chi connectivity index (χ0v) is 15.6. The van der Waals surface area contributed by atoms with Crippen LogP contribution in [0.25, 0.3) is 0 Å². The molecule has 1 heterocycles. The molecule has 0 bridgehead atoms. The van der Waals surface area contributed by atoms with Gasteiger partial charge in [-0.15, -0.1) is 11.3 Å². The largest absolute Gasteiger partial charge is 0.482 e. The van der Waals surface area contributed by atoms with Crippen LogP contribution < -0.4 is 9.64 Å². The van der Waals surface area contributed by atoms with Gasteiger partial charge in [-0.05, 0) is 24.3 Å². The minimum atomic E-state index is -1.03. The molecule has 0 atom stereocenters. The van der Waals surface area contributed by atoms with Crippen molar-refractivity contribution in [2.24, 2.45) is 0 Å². The number of anilines is 1. The van der Waals surface area contributed by atoms with E-state index in [1.807, 2.05) is 5.38 Å². The number of amides is 1. The zero-order valence-electron chi connectivity index (χ0n) is 14.8. The average molecular weight is 362 g/mol. The van der Waals surface area contributed by atoms with Crippen LogP contribution in [0.4, 0.5) is 5.69 Å². The summed E-state index contributed by atoms with van der Waals surface area (Å²) in [4.78, 5) is 29.0. The van der Waals surface area contributed by atoms with E-state index < -0.39 is 12.6 Å². The molecule has 0 saturated heterocycles. The first-order valence-corrected chi connectivity index (χ1v) is 8.71. The summed E-state index contributed by atoms with van der Waals surface area (Å²) >= 11 is 1.57. The number of ether oxygens (including phenoxy) is 1. The van der Waals surface area contributed by atoms with Crippen LogP contribution in [0.5, 0.6) is 5.75 Å². The number of hydrogen-bond acceptors (Lipinski definition) is 5. The first kappa shape index (κ1) is 18.9. The monoisotopic (exact) mass is 362 g/mol. The Kier molecular flexibility index (Phi) is 5.79. The Morgan fingerprint density at radius 1 is 1.24 bits per heavy atom. The van der Waals surface area contributed by atoms with Crippen LogP contribution in [0, 0.1) is 0 Å². The summed E-state index contributed by atoms with van der Waals surface area (Å²) in [7, 11) is 1.70. The van der Waals surface area contributed by atoms with Crippen molar-refractivity contribution in [1.29, 1.82) is 0 Å². The lowest BCUT2D eigenvalue weighted by Crippen LogP contribution is -2.28. The number of likely N-dealkylation sites (N-methyl/N-ethyl adjacent to an activating group) is 1. The highest BCUT2D eigenvalue weighted by atomic mass is 32.1. The first-order valence-electron chi connectivity index (χ1n) is 7.83. The van der Waals surface area contributed by atoms with Gasteiger partial charge in [0.15, 0.2) is 6.61 Å². The topological polar surface area (TPSA) is 79.7 Å². The van der Waals surface area contributed by atoms with Crippen LogP contribution in [0.1, 0.15) is 31.5 Å². The fourth-order valence-corrected chi connectivity index (χ4v) is 2.97. The number of rotatable bonds is 6. The molecule has 0 saturated carbocycles. The molecule has 25 heavy (non-hydrogen) atoms.